The van der Waals surface area contributed by atoms with Crippen LogP contribution in [0.4, 0.5) is 0 Å². The summed E-state index contributed by atoms with van der Waals surface area (Å²) in [5, 5.41) is 6.79. The van der Waals surface area contributed by atoms with Gasteiger partial charge < -0.3 is 15.4 Å². The zero-order valence-electron chi connectivity index (χ0n) is 7.39. The van der Waals surface area contributed by atoms with Crippen molar-refractivity contribution in [3.8, 4) is 0 Å². The molecule has 66 valence electrons. The first-order valence-corrected chi connectivity index (χ1v) is 4.31. The normalized spacial score (nSPS) is 31.1. The summed E-state index contributed by atoms with van der Waals surface area (Å²) in [4.78, 5) is 0. The minimum absolute atomic E-state index is 0.611. The molecule has 1 saturated heterocycles. The maximum Gasteiger partial charge on any atom is 0.0518 e. The molecule has 3 nitrogen and oxygen atoms in total. The van der Waals surface area contributed by atoms with E-state index >= 15 is 0 Å². The lowest BCUT2D eigenvalue weighted by atomic mass is 10.1. The van der Waals surface area contributed by atoms with Gasteiger partial charge in [0.15, 0.2) is 0 Å². The molecule has 2 atom stereocenters. The van der Waals surface area contributed by atoms with Gasteiger partial charge in [0.2, 0.25) is 0 Å². The van der Waals surface area contributed by atoms with Gasteiger partial charge in [-0.15, -0.1) is 0 Å². The fourth-order valence-electron chi connectivity index (χ4n) is 1.62. The van der Waals surface area contributed by atoms with Crippen LogP contribution in [-0.2, 0) is 4.74 Å². The standard InChI is InChI=1S/C8H18N2O/c1-3-10-8-5-9-4-7(8)6-11-2/h7-10H,3-6H2,1-2H3. The molecule has 1 aliphatic rings. The van der Waals surface area contributed by atoms with Crippen LogP contribution in [0.3, 0.4) is 0 Å². The van der Waals surface area contributed by atoms with Crippen molar-refractivity contribution in [2.24, 2.45) is 5.92 Å². The highest BCUT2D eigenvalue weighted by Gasteiger charge is 2.25. The van der Waals surface area contributed by atoms with E-state index in [0.717, 1.165) is 26.2 Å². The van der Waals surface area contributed by atoms with Crippen molar-refractivity contribution in [1.82, 2.24) is 10.6 Å². The van der Waals surface area contributed by atoms with E-state index in [2.05, 4.69) is 17.6 Å². The molecule has 1 heterocycles. The number of hydrogen-bond donors (Lipinski definition) is 2. The van der Waals surface area contributed by atoms with E-state index in [-0.39, 0.29) is 0 Å². The highest BCUT2D eigenvalue weighted by molar-refractivity contribution is 4.85. The molecule has 0 aromatic carbocycles. The lowest BCUT2D eigenvalue weighted by Gasteiger charge is -2.17. The highest BCUT2D eigenvalue weighted by Crippen LogP contribution is 2.08. The summed E-state index contributed by atoms with van der Waals surface area (Å²) in [6, 6.07) is 0.611. The smallest absolute Gasteiger partial charge is 0.0518 e. The molecule has 0 aliphatic carbocycles. The summed E-state index contributed by atoms with van der Waals surface area (Å²) in [6.45, 7) is 6.23. The molecule has 2 N–H and O–H groups in total. The summed E-state index contributed by atoms with van der Waals surface area (Å²) in [5.41, 5.74) is 0. The largest absolute Gasteiger partial charge is 0.384 e. The molecule has 2 unspecified atom stereocenters. The third-order valence-electron chi connectivity index (χ3n) is 2.19. The van der Waals surface area contributed by atoms with Gasteiger partial charge in [-0.2, -0.15) is 0 Å². The molecule has 0 spiro atoms. The van der Waals surface area contributed by atoms with Crippen LogP contribution >= 0.6 is 0 Å². The van der Waals surface area contributed by atoms with Crippen molar-refractivity contribution in [2.75, 3.05) is 33.4 Å². The van der Waals surface area contributed by atoms with Gasteiger partial charge in [0.25, 0.3) is 0 Å². The Balaban J connectivity index is 2.25. The van der Waals surface area contributed by atoms with Crippen molar-refractivity contribution in [3.63, 3.8) is 0 Å². The van der Waals surface area contributed by atoms with Crippen LogP contribution in [0.15, 0.2) is 0 Å². The van der Waals surface area contributed by atoms with Gasteiger partial charge in [0.1, 0.15) is 0 Å². The minimum atomic E-state index is 0.611. The van der Waals surface area contributed by atoms with Crippen LogP contribution in [0.2, 0.25) is 0 Å². The molecule has 0 radical (unpaired) electrons. The van der Waals surface area contributed by atoms with E-state index < -0.39 is 0 Å². The monoisotopic (exact) mass is 158 g/mol. The minimum Gasteiger partial charge on any atom is -0.384 e. The number of rotatable bonds is 4. The molecule has 0 aromatic rings. The van der Waals surface area contributed by atoms with Crippen molar-refractivity contribution >= 4 is 0 Å². The summed E-state index contributed by atoms with van der Waals surface area (Å²) in [5.74, 6) is 0.653. The Morgan fingerprint density at radius 2 is 2.36 bits per heavy atom. The van der Waals surface area contributed by atoms with Gasteiger partial charge in [0.05, 0.1) is 6.61 Å². The second-order valence-electron chi connectivity index (χ2n) is 3.04. The van der Waals surface area contributed by atoms with Crippen LogP contribution in [-0.4, -0.2) is 39.4 Å². The topological polar surface area (TPSA) is 33.3 Å². The number of methoxy groups -OCH3 is 1. The molecule has 1 fully saturated rings. The Morgan fingerprint density at radius 3 is 3.00 bits per heavy atom. The molecule has 1 rings (SSSR count). The van der Waals surface area contributed by atoms with Crippen LogP contribution in [0, 0.1) is 5.92 Å². The van der Waals surface area contributed by atoms with E-state index in [1.54, 1.807) is 7.11 Å². The first kappa shape index (κ1) is 8.97. The maximum absolute atomic E-state index is 5.12. The van der Waals surface area contributed by atoms with Crippen molar-refractivity contribution in [3.05, 3.63) is 0 Å². The van der Waals surface area contributed by atoms with Gasteiger partial charge in [-0.25, -0.2) is 0 Å². The van der Waals surface area contributed by atoms with Gasteiger partial charge in [-0.05, 0) is 6.54 Å². The summed E-state index contributed by atoms with van der Waals surface area (Å²) in [7, 11) is 1.77. The van der Waals surface area contributed by atoms with E-state index in [0.29, 0.717) is 12.0 Å². The maximum atomic E-state index is 5.12. The Labute approximate surface area is 68.5 Å². The predicted octanol–water partition coefficient (Wildman–Crippen LogP) is -0.170. The highest BCUT2D eigenvalue weighted by atomic mass is 16.5. The summed E-state index contributed by atoms with van der Waals surface area (Å²) < 4.78 is 5.12. The van der Waals surface area contributed by atoms with E-state index in [9.17, 15) is 0 Å². The first-order valence-electron chi connectivity index (χ1n) is 4.31. The average molecular weight is 158 g/mol. The molecule has 11 heavy (non-hydrogen) atoms. The molecular weight excluding hydrogens is 140 g/mol. The molecule has 0 saturated carbocycles. The lowest BCUT2D eigenvalue weighted by Crippen LogP contribution is -2.37. The molecule has 0 bridgehead atoms. The van der Waals surface area contributed by atoms with Crippen molar-refractivity contribution in [2.45, 2.75) is 13.0 Å². The first-order chi connectivity index (χ1) is 5.38. The molecule has 1 aliphatic heterocycles. The second kappa shape index (κ2) is 4.70. The summed E-state index contributed by atoms with van der Waals surface area (Å²) in [6.07, 6.45) is 0. The third-order valence-corrected chi connectivity index (χ3v) is 2.19. The number of likely N-dealkylation sites (N-methyl/N-ethyl adjacent to an activating group) is 1. The summed E-state index contributed by atoms with van der Waals surface area (Å²) >= 11 is 0. The van der Waals surface area contributed by atoms with Crippen LogP contribution in [0.5, 0.6) is 0 Å². The van der Waals surface area contributed by atoms with Gasteiger partial charge in [0, 0.05) is 32.2 Å². The third kappa shape index (κ3) is 2.43. The molecule has 3 heteroatoms. The van der Waals surface area contributed by atoms with Crippen LogP contribution in [0.1, 0.15) is 6.92 Å². The van der Waals surface area contributed by atoms with E-state index in [1.165, 1.54) is 0 Å². The molecular formula is C8H18N2O. The quantitative estimate of drug-likeness (QED) is 0.596. The average Bonchev–Trinajstić information content (AvgIpc) is 2.39. The lowest BCUT2D eigenvalue weighted by molar-refractivity contribution is 0.148. The van der Waals surface area contributed by atoms with Crippen molar-refractivity contribution < 1.29 is 4.74 Å². The molecule has 0 amide bonds. The van der Waals surface area contributed by atoms with E-state index in [1.807, 2.05) is 0 Å². The van der Waals surface area contributed by atoms with Gasteiger partial charge >= 0.3 is 0 Å². The molecule has 0 aromatic heterocycles. The predicted molar refractivity (Wildman–Crippen MR) is 45.7 cm³/mol. The fourth-order valence-corrected chi connectivity index (χ4v) is 1.62. The van der Waals surface area contributed by atoms with Crippen LogP contribution in [0.25, 0.3) is 0 Å². The second-order valence-corrected chi connectivity index (χ2v) is 3.04. The van der Waals surface area contributed by atoms with E-state index in [4.69, 9.17) is 4.74 Å². The van der Waals surface area contributed by atoms with Crippen molar-refractivity contribution in [1.29, 1.82) is 0 Å². The fraction of sp³-hybridized carbons (Fsp3) is 1.00. The number of hydrogen-bond acceptors (Lipinski definition) is 3. The van der Waals surface area contributed by atoms with Gasteiger partial charge in [-0.3, -0.25) is 0 Å². The Hall–Kier alpha value is -0.120. The van der Waals surface area contributed by atoms with Gasteiger partial charge in [-0.1, -0.05) is 6.92 Å². The Bertz CT molecular complexity index is 96.3. The number of ether oxygens (including phenoxy) is 1. The zero-order valence-corrected chi connectivity index (χ0v) is 7.39. The van der Waals surface area contributed by atoms with Crippen LogP contribution < -0.4 is 10.6 Å². The SMILES string of the molecule is CCNC1CNCC1COC. The Morgan fingerprint density at radius 1 is 1.55 bits per heavy atom. The zero-order chi connectivity index (χ0) is 8.10. The Kier molecular flexibility index (Phi) is 3.83. The number of nitrogens with one attached hydrogen (secondary N) is 2.